The molecule has 1 fully saturated rings. The number of halogens is 1. The zero-order valence-corrected chi connectivity index (χ0v) is 21.6. The van der Waals surface area contributed by atoms with Crippen LogP contribution in [-0.4, -0.2) is 56.2 Å². The molecular weight excluding hydrogens is 463 g/mol. The number of ether oxygens (including phenoxy) is 3. The lowest BCUT2D eigenvalue weighted by Crippen LogP contribution is -2.45. The van der Waals surface area contributed by atoms with E-state index in [0.717, 1.165) is 37.1 Å². The molecule has 1 unspecified atom stereocenters. The molecule has 1 aliphatic heterocycles. The molecule has 1 N–H and O–H groups in total. The first-order valence-electron chi connectivity index (χ1n) is 12.6. The lowest BCUT2D eigenvalue weighted by Gasteiger charge is -2.35. The van der Waals surface area contributed by atoms with Gasteiger partial charge in [-0.15, -0.1) is 0 Å². The quantitative estimate of drug-likeness (QED) is 0.462. The van der Waals surface area contributed by atoms with E-state index in [0.29, 0.717) is 31.7 Å². The van der Waals surface area contributed by atoms with Crippen LogP contribution in [-0.2, 0) is 22.5 Å². The van der Waals surface area contributed by atoms with Gasteiger partial charge in [0.15, 0.2) is 11.5 Å². The van der Waals surface area contributed by atoms with Crippen LogP contribution >= 0.6 is 0 Å². The average Bonchev–Trinajstić information content (AvgIpc) is 2.90. The van der Waals surface area contributed by atoms with Gasteiger partial charge in [0, 0.05) is 18.2 Å². The summed E-state index contributed by atoms with van der Waals surface area (Å²) in [6.07, 6.45) is 2.20. The number of nitrogens with zero attached hydrogens (tertiary/aromatic N) is 1. The molecule has 1 atom stereocenters. The summed E-state index contributed by atoms with van der Waals surface area (Å²) in [4.78, 5) is 27.3. The van der Waals surface area contributed by atoms with Gasteiger partial charge in [0.05, 0.1) is 26.2 Å². The predicted octanol–water partition coefficient (Wildman–Crippen LogP) is 4.37. The van der Waals surface area contributed by atoms with Gasteiger partial charge in [-0.05, 0) is 81.6 Å². The monoisotopic (exact) mass is 500 g/mol. The molecule has 3 rings (SSSR count). The molecular formula is C28H37FN2O5. The van der Waals surface area contributed by atoms with Gasteiger partial charge in [-0.25, -0.2) is 0 Å². The van der Waals surface area contributed by atoms with Gasteiger partial charge in [-0.1, -0.05) is 19.1 Å². The first-order valence-corrected chi connectivity index (χ1v) is 12.6. The summed E-state index contributed by atoms with van der Waals surface area (Å²) in [6, 6.07) is 10.7. The van der Waals surface area contributed by atoms with E-state index in [1.807, 2.05) is 24.0 Å². The highest BCUT2D eigenvalue weighted by Gasteiger charge is 2.27. The SMILES string of the molecule is CCOc1cc(CN(C(=O)c2ccc(CC(C)C(=O)OC)cc2)C2CCNCC2)cc(OCC)c1F. The Hall–Kier alpha value is -3.13. The van der Waals surface area contributed by atoms with Crippen molar-refractivity contribution in [1.29, 1.82) is 0 Å². The van der Waals surface area contributed by atoms with Crippen molar-refractivity contribution in [1.82, 2.24) is 10.2 Å². The van der Waals surface area contributed by atoms with Crippen molar-refractivity contribution in [3.8, 4) is 11.5 Å². The lowest BCUT2D eigenvalue weighted by molar-refractivity contribution is -0.144. The van der Waals surface area contributed by atoms with Crippen molar-refractivity contribution in [2.24, 2.45) is 5.92 Å². The summed E-state index contributed by atoms with van der Waals surface area (Å²) in [5, 5.41) is 3.35. The topological polar surface area (TPSA) is 77.1 Å². The maximum absolute atomic E-state index is 14.8. The zero-order chi connectivity index (χ0) is 26.1. The van der Waals surface area contributed by atoms with Crippen molar-refractivity contribution in [3.05, 3.63) is 58.9 Å². The fourth-order valence-corrected chi connectivity index (χ4v) is 4.51. The van der Waals surface area contributed by atoms with Crippen LogP contribution in [0.25, 0.3) is 0 Å². The van der Waals surface area contributed by atoms with Crippen LogP contribution in [0.5, 0.6) is 11.5 Å². The molecule has 0 radical (unpaired) electrons. The molecule has 0 bridgehead atoms. The second-order valence-electron chi connectivity index (χ2n) is 9.01. The summed E-state index contributed by atoms with van der Waals surface area (Å²) >= 11 is 0. The van der Waals surface area contributed by atoms with Crippen molar-refractivity contribution in [2.45, 2.75) is 52.6 Å². The van der Waals surface area contributed by atoms with Gasteiger partial charge in [0.1, 0.15) is 0 Å². The van der Waals surface area contributed by atoms with Crippen molar-refractivity contribution >= 4 is 11.9 Å². The molecule has 1 saturated heterocycles. The van der Waals surface area contributed by atoms with Crippen molar-refractivity contribution in [3.63, 3.8) is 0 Å². The predicted molar refractivity (Wildman–Crippen MR) is 136 cm³/mol. The molecule has 0 spiro atoms. The molecule has 196 valence electrons. The van der Waals surface area contributed by atoms with Crippen LogP contribution in [0.4, 0.5) is 4.39 Å². The van der Waals surface area contributed by atoms with Gasteiger partial charge in [-0.3, -0.25) is 9.59 Å². The Labute approximate surface area is 212 Å². The molecule has 1 amide bonds. The number of esters is 1. The van der Waals surface area contributed by atoms with Crippen LogP contribution in [0.3, 0.4) is 0 Å². The number of rotatable bonds is 11. The van der Waals surface area contributed by atoms with E-state index in [1.165, 1.54) is 7.11 Å². The molecule has 1 heterocycles. The highest BCUT2D eigenvalue weighted by molar-refractivity contribution is 5.94. The fraction of sp³-hybridized carbons (Fsp3) is 0.500. The number of hydrogen-bond donors (Lipinski definition) is 1. The number of carbonyl (C=O) groups is 2. The molecule has 2 aromatic rings. The number of carbonyl (C=O) groups excluding carboxylic acids is 2. The normalized spacial score (nSPS) is 14.7. The second-order valence-corrected chi connectivity index (χ2v) is 9.01. The molecule has 1 aliphatic rings. The first-order chi connectivity index (χ1) is 17.4. The third-order valence-electron chi connectivity index (χ3n) is 6.37. The maximum Gasteiger partial charge on any atom is 0.308 e. The number of amides is 1. The van der Waals surface area contributed by atoms with Gasteiger partial charge in [0.2, 0.25) is 5.82 Å². The number of hydrogen-bond acceptors (Lipinski definition) is 6. The summed E-state index contributed by atoms with van der Waals surface area (Å²) in [7, 11) is 1.38. The largest absolute Gasteiger partial charge is 0.491 e. The van der Waals surface area contributed by atoms with Gasteiger partial charge >= 0.3 is 5.97 Å². The highest BCUT2D eigenvalue weighted by Crippen LogP contribution is 2.31. The maximum atomic E-state index is 14.8. The fourth-order valence-electron chi connectivity index (χ4n) is 4.51. The average molecular weight is 501 g/mol. The first kappa shape index (κ1) is 27.5. The Morgan fingerprint density at radius 1 is 1.03 bits per heavy atom. The summed E-state index contributed by atoms with van der Waals surface area (Å²) in [5.41, 5.74) is 2.28. The molecule has 0 aromatic heterocycles. The Morgan fingerprint density at radius 2 is 1.61 bits per heavy atom. The van der Waals surface area contributed by atoms with E-state index in [-0.39, 0.29) is 35.3 Å². The molecule has 0 aliphatic carbocycles. The van der Waals surface area contributed by atoms with Crippen LogP contribution in [0.1, 0.15) is 55.1 Å². The second kappa shape index (κ2) is 13.3. The molecule has 0 saturated carbocycles. The minimum Gasteiger partial charge on any atom is -0.491 e. The minimum absolute atomic E-state index is 0.0499. The van der Waals surface area contributed by atoms with Gasteiger partial charge < -0.3 is 24.4 Å². The lowest BCUT2D eigenvalue weighted by atomic mass is 9.98. The third kappa shape index (κ3) is 6.97. The van der Waals surface area contributed by atoms with Crippen LogP contribution in [0, 0.1) is 11.7 Å². The Kier molecular flexibility index (Phi) is 10.1. The Bertz CT molecular complexity index is 994. The van der Waals surface area contributed by atoms with Crippen LogP contribution in [0.2, 0.25) is 0 Å². The third-order valence-corrected chi connectivity index (χ3v) is 6.37. The zero-order valence-electron chi connectivity index (χ0n) is 21.6. The van der Waals surface area contributed by atoms with E-state index in [9.17, 15) is 14.0 Å². The number of piperidine rings is 1. The van der Waals surface area contributed by atoms with Crippen LogP contribution < -0.4 is 14.8 Å². The Morgan fingerprint density at radius 3 is 2.14 bits per heavy atom. The molecule has 8 heteroatoms. The summed E-state index contributed by atoms with van der Waals surface area (Å²) in [6.45, 7) is 8.03. The van der Waals surface area contributed by atoms with E-state index in [1.54, 1.807) is 38.1 Å². The van der Waals surface area contributed by atoms with Gasteiger partial charge in [-0.2, -0.15) is 4.39 Å². The van der Waals surface area contributed by atoms with Crippen LogP contribution in [0.15, 0.2) is 36.4 Å². The molecule has 7 nitrogen and oxygen atoms in total. The van der Waals surface area contributed by atoms with Crippen molar-refractivity contribution in [2.75, 3.05) is 33.4 Å². The summed E-state index contributed by atoms with van der Waals surface area (Å²) in [5.74, 6) is -0.890. The molecule has 2 aromatic carbocycles. The van der Waals surface area contributed by atoms with E-state index < -0.39 is 5.82 Å². The highest BCUT2D eigenvalue weighted by atomic mass is 19.1. The number of methoxy groups -OCH3 is 1. The number of benzene rings is 2. The smallest absolute Gasteiger partial charge is 0.308 e. The number of nitrogens with one attached hydrogen (secondary N) is 1. The van der Waals surface area contributed by atoms with Gasteiger partial charge in [0.25, 0.3) is 5.91 Å². The minimum atomic E-state index is -0.529. The summed E-state index contributed by atoms with van der Waals surface area (Å²) < 4.78 is 30.6. The van der Waals surface area contributed by atoms with E-state index in [4.69, 9.17) is 14.2 Å². The molecule has 36 heavy (non-hydrogen) atoms. The van der Waals surface area contributed by atoms with E-state index >= 15 is 0 Å². The Balaban J connectivity index is 1.87. The standard InChI is InChI=1S/C28H37FN2O5/c1-5-35-24-16-21(17-25(26(24)29)36-6-2)18-31(23-11-13-30-14-12-23)27(32)22-9-7-20(8-10-22)15-19(3)28(33)34-4/h7-10,16-17,19,23,30H,5-6,11-15,18H2,1-4H3. The van der Waals surface area contributed by atoms with Crippen molar-refractivity contribution < 1.29 is 28.2 Å². The van der Waals surface area contributed by atoms with E-state index in [2.05, 4.69) is 5.32 Å².